The second kappa shape index (κ2) is 16.0. The molecule has 1 saturated carbocycles. The molecule has 2 unspecified atom stereocenters. The maximum absolute atomic E-state index is 13.3. The number of aryl methyl sites for hydroxylation is 1. The minimum atomic E-state index is -1.10. The number of nitrogens with one attached hydrogen (secondary N) is 2. The highest BCUT2D eigenvalue weighted by Crippen LogP contribution is 2.33. The second-order valence-corrected chi connectivity index (χ2v) is 10.3. The number of carbonyl (C=O) groups is 3. The Bertz CT molecular complexity index is 1030. The van der Waals surface area contributed by atoms with Crippen LogP contribution < -0.4 is 27.8 Å². The number of rotatable bonds is 14. The number of benzene rings is 2. The fourth-order valence-corrected chi connectivity index (χ4v) is 5.09. The summed E-state index contributed by atoms with van der Waals surface area (Å²) in [6.07, 6.45) is 7.02. The quantitative estimate of drug-likeness (QED) is 0.249. The van der Waals surface area contributed by atoms with Gasteiger partial charge in [0.2, 0.25) is 17.7 Å². The van der Waals surface area contributed by atoms with Crippen LogP contribution in [0.2, 0.25) is 0 Å². The van der Waals surface area contributed by atoms with E-state index in [4.69, 9.17) is 17.2 Å². The van der Waals surface area contributed by atoms with Crippen LogP contribution in [-0.4, -0.2) is 60.9 Å². The van der Waals surface area contributed by atoms with E-state index in [0.717, 1.165) is 5.56 Å². The first-order chi connectivity index (χ1) is 18.9. The Morgan fingerprint density at radius 1 is 0.872 bits per heavy atom. The summed E-state index contributed by atoms with van der Waals surface area (Å²) in [5.41, 5.74) is 20.3. The fraction of sp³-hybridized carbons (Fsp3) is 0.500. The smallest absolute Gasteiger partial charge is 0.246 e. The summed E-state index contributed by atoms with van der Waals surface area (Å²) in [5, 5.41) is 5.73. The zero-order valence-corrected chi connectivity index (χ0v) is 22.8. The predicted octanol–water partition coefficient (Wildman–Crippen LogP) is 2.25. The minimum Gasteiger partial charge on any atom is -0.343 e. The van der Waals surface area contributed by atoms with Crippen molar-refractivity contribution in [3.05, 3.63) is 65.7 Å². The molecule has 2 aromatic carbocycles. The van der Waals surface area contributed by atoms with Crippen molar-refractivity contribution >= 4 is 23.4 Å². The summed E-state index contributed by atoms with van der Waals surface area (Å²) in [4.78, 5) is 40.4. The molecule has 0 spiro atoms. The van der Waals surface area contributed by atoms with Crippen molar-refractivity contribution in [2.45, 2.75) is 69.4 Å². The van der Waals surface area contributed by atoms with E-state index in [9.17, 15) is 14.4 Å². The molecule has 0 bridgehead atoms. The average molecular weight is 537 g/mol. The van der Waals surface area contributed by atoms with Crippen LogP contribution in [0.4, 0.5) is 5.69 Å². The average Bonchev–Trinajstić information content (AvgIpc) is 2.96. The van der Waals surface area contributed by atoms with Crippen LogP contribution in [0, 0.1) is 0 Å². The van der Waals surface area contributed by atoms with Gasteiger partial charge in [0.15, 0.2) is 0 Å². The summed E-state index contributed by atoms with van der Waals surface area (Å²) in [7, 11) is 0. The van der Waals surface area contributed by atoms with Crippen molar-refractivity contribution in [3.63, 3.8) is 0 Å². The zero-order valence-electron chi connectivity index (χ0n) is 22.8. The van der Waals surface area contributed by atoms with E-state index in [2.05, 4.69) is 22.8 Å². The van der Waals surface area contributed by atoms with Crippen molar-refractivity contribution in [1.29, 1.82) is 0 Å². The molecule has 0 radical (unpaired) electrons. The van der Waals surface area contributed by atoms with Crippen LogP contribution in [0.15, 0.2) is 54.6 Å². The molecule has 2 atom stereocenters. The number of amides is 3. The summed E-state index contributed by atoms with van der Waals surface area (Å²) in [5.74, 6) is -0.589. The topological polar surface area (TPSA) is 157 Å². The van der Waals surface area contributed by atoms with E-state index in [1.807, 2.05) is 42.5 Å². The van der Waals surface area contributed by atoms with E-state index < -0.39 is 18.0 Å². The molecule has 3 rings (SSSR count). The van der Waals surface area contributed by atoms with Crippen LogP contribution in [0.3, 0.4) is 0 Å². The Labute approximate surface area is 231 Å². The van der Waals surface area contributed by atoms with Crippen LogP contribution in [0.1, 0.15) is 62.0 Å². The first-order valence-corrected chi connectivity index (χ1v) is 14.1. The molecule has 9 nitrogen and oxygen atoms in total. The fourth-order valence-electron chi connectivity index (χ4n) is 5.09. The molecule has 0 aromatic heterocycles. The summed E-state index contributed by atoms with van der Waals surface area (Å²) < 4.78 is 0. The Balaban J connectivity index is 1.64. The van der Waals surface area contributed by atoms with E-state index in [-0.39, 0.29) is 31.3 Å². The molecule has 2 aromatic rings. The molecule has 39 heavy (non-hydrogen) atoms. The monoisotopic (exact) mass is 536 g/mol. The van der Waals surface area contributed by atoms with Crippen molar-refractivity contribution in [1.82, 2.24) is 10.2 Å². The third-order valence-electron chi connectivity index (χ3n) is 7.33. The first-order valence-electron chi connectivity index (χ1n) is 14.1. The van der Waals surface area contributed by atoms with Gasteiger partial charge in [0.1, 0.15) is 6.04 Å². The van der Waals surface area contributed by atoms with Gasteiger partial charge in [-0.05, 0) is 54.9 Å². The van der Waals surface area contributed by atoms with Gasteiger partial charge in [0.25, 0.3) is 0 Å². The van der Waals surface area contributed by atoms with E-state index in [1.165, 1.54) is 42.6 Å². The largest absolute Gasteiger partial charge is 0.343 e. The van der Waals surface area contributed by atoms with Gasteiger partial charge in [-0.2, -0.15) is 0 Å². The summed E-state index contributed by atoms with van der Waals surface area (Å²) >= 11 is 0. The lowest BCUT2D eigenvalue weighted by Crippen LogP contribution is -2.52. The number of carbonyl (C=O) groups excluding carboxylic acids is 3. The highest BCUT2D eigenvalue weighted by Gasteiger charge is 2.26. The molecule has 3 amide bonds. The SMILES string of the molecule is NCCN(CCN)C(=O)CC(N)C(=O)NC(CCc1ccccc1)C(=O)Nc1ccc(C2CCCCC2)cc1. The Kier molecular flexibility index (Phi) is 12.4. The van der Waals surface area contributed by atoms with E-state index in [0.29, 0.717) is 37.5 Å². The third-order valence-corrected chi connectivity index (χ3v) is 7.33. The Morgan fingerprint density at radius 3 is 2.13 bits per heavy atom. The third kappa shape index (κ3) is 9.76. The standard InChI is InChI=1S/C30H44N6O3/c31-17-19-36(20-18-32)28(37)21-26(33)29(38)35-27(16-11-22-7-3-1-4-8-22)30(39)34-25-14-12-24(13-15-25)23-9-5-2-6-10-23/h1,3-4,7-8,12-15,23,26-27H,2,5-6,9-11,16-21,31-33H2,(H,34,39)(H,35,38). The zero-order chi connectivity index (χ0) is 28.0. The van der Waals surface area contributed by atoms with Gasteiger partial charge in [-0.25, -0.2) is 0 Å². The molecule has 0 heterocycles. The normalized spacial score (nSPS) is 15.3. The Morgan fingerprint density at radius 2 is 1.51 bits per heavy atom. The van der Waals surface area contributed by atoms with Crippen LogP contribution >= 0.6 is 0 Å². The first kappa shape index (κ1) is 30.3. The van der Waals surface area contributed by atoms with Gasteiger partial charge >= 0.3 is 0 Å². The maximum atomic E-state index is 13.3. The number of nitrogens with zero attached hydrogens (tertiary/aromatic N) is 1. The molecule has 8 N–H and O–H groups in total. The van der Waals surface area contributed by atoms with Gasteiger partial charge in [0, 0.05) is 31.9 Å². The Hall–Kier alpha value is -3.27. The summed E-state index contributed by atoms with van der Waals surface area (Å²) in [6.45, 7) is 1.26. The van der Waals surface area contributed by atoms with Crippen LogP contribution in [0.5, 0.6) is 0 Å². The lowest BCUT2D eigenvalue weighted by Gasteiger charge is -2.24. The molecule has 1 fully saturated rings. The molecule has 212 valence electrons. The number of anilines is 1. The molecule has 1 aliphatic carbocycles. The lowest BCUT2D eigenvalue weighted by molar-refractivity contribution is -0.134. The van der Waals surface area contributed by atoms with Gasteiger partial charge in [-0.3, -0.25) is 14.4 Å². The molecular formula is C30H44N6O3. The molecule has 1 aliphatic rings. The number of hydrogen-bond acceptors (Lipinski definition) is 6. The van der Waals surface area contributed by atoms with Gasteiger partial charge in [-0.15, -0.1) is 0 Å². The van der Waals surface area contributed by atoms with E-state index >= 15 is 0 Å². The predicted molar refractivity (Wildman–Crippen MR) is 155 cm³/mol. The van der Waals surface area contributed by atoms with Crippen molar-refractivity contribution in [2.24, 2.45) is 17.2 Å². The lowest BCUT2D eigenvalue weighted by atomic mass is 9.84. The molecular weight excluding hydrogens is 492 g/mol. The van der Waals surface area contributed by atoms with Gasteiger partial charge in [0.05, 0.1) is 12.5 Å². The highest BCUT2D eigenvalue weighted by atomic mass is 16.2. The molecule has 0 aliphatic heterocycles. The van der Waals surface area contributed by atoms with Crippen LogP contribution in [0.25, 0.3) is 0 Å². The van der Waals surface area contributed by atoms with E-state index in [1.54, 1.807) is 0 Å². The maximum Gasteiger partial charge on any atom is 0.246 e. The van der Waals surface area contributed by atoms with Crippen molar-refractivity contribution in [3.8, 4) is 0 Å². The minimum absolute atomic E-state index is 0.193. The number of hydrogen-bond donors (Lipinski definition) is 5. The van der Waals surface area contributed by atoms with Crippen molar-refractivity contribution < 1.29 is 14.4 Å². The highest BCUT2D eigenvalue weighted by molar-refractivity contribution is 5.98. The summed E-state index contributed by atoms with van der Waals surface area (Å²) in [6, 6.07) is 15.9. The van der Waals surface area contributed by atoms with Crippen molar-refractivity contribution in [2.75, 3.05) is 31.5 Å². The second-order valence-electron chi connectivity index (χ2n) is 10.3. The number of nitrogens with two attached hydrogens (primary N) is 3. The van der Waals surface area contributed by atoms with Gasteiger partial charge < -0.3 is 32.7 Å². The van der Waals surface area contributed by atoms with Crippen LogP contribution in [-0.2, 0) is 20.8 Å². The van der Waals surface area contributed by atoms with Gasteiger partial charge in [-0.1, -0.05) is 61.7 Å². The molecule has 0 saturated heterocycles. The molecule has 9 heteroatoms.